The van der Waals surface area contributed by atoms with Crippen LogP contribution in [0.3, 0.4) is 0 Å². The van der Waals surface area contributed by atoms with E-state index in [0.29, 0.717) is 11.4 Å². The summed E-state index contributed by atoms with van der Waals surface area (Å²) in [6.07, 6.45) is 0. The van der Waals surface area contributed by atoms with E-state index < -0.39 is 5.25 Å². The molecule has 1 aliphatic heterocycles. The summed E-state index contributed by atoms with van der Waals surface area (Å²) >= 11 is 1.25. The summed E-state index contributed by atoms with van der Waals surface area (Å²) in [5, 5.41) is 5.13. The summed E-state index contributed by atoms with van der Waals surface area (Å²) in [5.74, 6) is -0.426. The first-order valence-corrected chi connectivity index (χ1v) is 9.67. The molecular formula is C20H21N3O3S. The molecule has 140 valence electrons. The van der Waals surface area contributed by atoms with E-state index >= 15 is 0 Å². The third-order valence-electron chi connectivity index (χ3n) is 4.18. The zero-order valence-electron chi connectivity index (χ0n) is 15.2. The number of carbonyl (C=O) groups is 3. The van der Waals surface area contributed by atoms with E-state index in [4.69, 9.17) is 0 Å². The number of nitrogens with zero attached hydrogens (tertiary/aromatic N) is 1. The number of fused-ring (bicyclic) bond motifs is 1. The van der Waals surface area contributed by atoms with Gasteiger partial charge in [0.15, 0.2) is 0 Å². The van der Waals surface area contributed by atoms with Crippen LogP contribution in [-0.4, -0.2) is 35.3 Å². The van der Waals surface area contributed by atoms with E-state index in [9.17, 15) is 14.4 Å². The third kappa shape index (κ3) is 4.68. The lowest BCUT2D eigenvalue weighted by Crippen LogP contribution is -2.45. The quantitative estimate of drug-likeness (QED) is 0.832. The molecule has 0 spiro atoms. The van der Waals surface area contributed by atoms with Crippen molar-refractivity contribution in [2.24, 2.45) is 0 Å². The maximum Gasteiger partial charge on any atom is 0.244 e. The van der Waals surface area contributed by atoms with Gasteiger partial charge >= 0.3 is 0 Å². The predicted molar refractivity (Wildman–Crippen MR) is 109 cm³/mol. The summed E-state index contributed by atoms with van der Waals surface area (Å²) < 4.78 is 0. The molecule has 6 nitrogen and oxygen atoms in total. The fourth-order valence-electron chi connectivity index (χ4n) is 2.76. The largest absolute Gasteiger partial charge is 0.325 e. The van der Waals surface area contributed by atoms with Crippen LogP contribution in [0, 0.1) is 6.92 Å². The van der Waals surface area contributed by atoms with Gasteiger partial charge < -0.3 is 10.6 Å². The molecule has 2 aromatic rings. The molecule has 0 aromatic heterocycles. The van der Waals surface area contributed by atoms with Crippen LogP contribution in [0.25, 0.3) is 0 Å². The Hall–Kier alpha value is -2.80. The fourth-order valence-corrected chi connectivity index (χ4v) is 3.50. The zero-order valence-corrected chi connectivity index (χ0v) is 16.0. The molecule has 1 atom stereocenters. The number of aryl methyl sites for hydroxylation is 1. The van der Waals surface area contributed by atoms with Gasteiger partial charge in [-0.25, -0.2) is 0 Å². The number of carbonyl (C=O) groups excluding carboxylic acids is 3. The van der Waals surface area contributed by atoms with Crippen LogP contribution in [0.4, 0.5) is 17.1 Å². The van der Waals surface area contributed by atoms with Crippen molar-refractivity contribution in [3.05, 3.63) is 54.1 Å². The lowest BCUT2D eigenvalue weighted by atomic mass is 10.2. The lowest BCUT2D eigenvalue weighted by molar-refractivity contribution is -0.121. The van der Waals surface area contributed by atoms with Crippen molar-refractivity contribution < 1.29 is 14.4 Å². The Morgan fingerprint density at radius 2 is 1.89 bits per heavy atom. The topological polar surface area (TPSA) is 78.5 Å². The van der Waals surface area contributed by atoms with E-state index in [1.54, 1.807) is 25.1 Å². The molecule has 1 heterocycles. The minimum Gasteiger partial charge on any atom is -0.325 e. The maximum absolute atomic E-state index is 12.8. The Kier molecular flexibility index (Phi) is 5.81. The second-order valence-electron chi connectivity index (χ2n) is 6.36. The van der Waals surface area contributed by atoms with E-state index in [2.05, 4.69) is 10.6 Å². The molecule has 0 radical (unpaired) electrons. The second-order valence-corrected chi connectivity index (χ2v) is 7.69. The highest BCUT2D eigenvalue weighted by atomic mass is 32.2. The summed E-state index contributed by atoms with van der Waals surface area (Å²) in [4.78, 5) is 38.3. The molecule has 0 saturated carbocycles. The molecule has 0 fully saturated rings. The Bertz CT molecular complexity index is 867. The van der Waals surface area contributed by atoms with E-state index in [0.717, 1.165) is 11.3 Å². The number of para-hydroxylation sites is 2. The Morgan fingerprint density at radius 1 is 1.19 bits per heavy atom. The van der Waals surface area contributed by atoms with Crippen molar-refractivity contribution in [1.29, 1.82) is 0 Å². The lowest BCUT2D eigenvalue weighted by Gasteiger charge is -2.30. The van der Waals surface area contributed by atoms with Gasteiger partial charge in [0, 0.05) is 5.69 Å². The number of hydrogen-bond acceptors (Lipinski definition) is 4. The highest BCUT2D eigenvalue weighted by Gasteiger charge is 2.29. The van der Waals surface area contributed by atoms with Crippen molar-refractivity contribution >= 4 is 46.5 Å². The normalized spacial score (nSPS) is 14.1. The zero-order chi connectivity index (χ0) is 19.4. The van der Waals surface area contributed by atoms with Crippen molar-refractivity contribution in [3.63, 3.8) is 0 Å². The maximum atomic E-state index is 12.8. The van der Waals surface area contributed by atoms with Gasteiger partial charge in [-0.05, 0) is 38.1 Å². The van der Waals surface area contributed by atoms with Crippen LogP contribution in [0.15, 0.2) is 48.5 Å². The number of nitrogens with one attached hydrogen (secondary N) is 2. The molecule has 7 heteroatoms. The minimum atomic E-state index is -0.451. The van der Waals surface area contributed by atoms with Gasteiger partial charge in [-0.2, -0.15) is 0 Å². The van der Waals surface area contributed by atoms with Crippen LogP contribution in [0.5, 0.6) is 0 Å². The predicted octanol–water partition coefficient (Wildman–Crippen LogP) is 3.04. The van der Waals surface area contributed by atoms with Crippen molar-refractivity contribution in [1.82, 2.24) is 0 Å². The highest BCUT2D eigenvalue weighted by molar-refractivity contribution is 8.01. The molecule has 2 aromatic carbocycles. The molecule has 1 aliphatic rings. The van der Waals surface area contributed by atoms with Crippen LogP contribution in [0.1, 0.15) is 12.5 Å². The van der Waals surface area contributed by atoms with Gasteiger partial charge in [-0.15, -0.1) is 11.8 Å². The first kappa shape index (κ1) is 19.0. The number of thioether (sulfide) groups is 1. The van der Waals surface area contributed by atoms with Gasteiger partial charge in [0.25, 0.3) is 0 Å². The monoisotopic (exact) mass is 383 g/mol. The number of benzene rings is 2. The standard InChI is InChI=1S/C20H21N3O3S/c1-13-7-9-15(10-8-13)21-19(25)12-27-14(2)20(26)23-11-18(24)22-16-5-3-4-6-17(16)23/h3-10,14H,11-12H2,1-2H3,(H,21,25)(H,22,24). The second kappa shape index (κ2) is 8.26. The van der Waals surface area contributed by atoms with E-state index in [1.165, 1.54) is 16.7 Å². The molecular weight excluding hydrogens is 362 g/mol. The Labute approximate surface area is 162 Å². The minimum absolute atomic E-state index is 0.0176. The number of anilines is 3. The number of rotatable bonds is 5. The van der Waals surface area contributed by atoms with Gasteiger partial charge in [-0.3, -0.25) is 19.3 Å². The molecule has 1 unspecified atom stereocenters. The molecule has 27 heavy (non-hydrogen) atoms. The molecule has 3 rings (SSSR count). The van der Waals surface area contributed by atoms with Gasteiger partial charge in [-0.1, -0.05) is 29.8 Å². The van der Waals surface area contributed by atoms with Crippen LogP contribution in [0.2, 0.25) is 0 Å². The summed E-state index contributed by atoms with van der Waals surface area (Å²) in [7, 11) is 0. The highest BCUT2D eigenvalue weighted by Crippen LogP contribution is 2.30. The van der Waals surface area contributed by atoms with Crippen molar-refractivity contribution in [3.8, 4) is 0 Å². The Morgan fingerprint density at radius 3 is 2.63 bits per heavy atom. The van der Waals surface area contributed by atoms with Crippen molar-refractivity contribution in [2.75, 3.05) is 27.8 Å². The average Bonchev–Trinajstić information content (AvgIpc) is 2.66. The first-order valence-electron chi connectivity index (χ1n) is 8.62. The van der Waals surface area contributed by atoms with E-state index in [1.807, 2.05) is 37.3 Å². The molecule has 2 N–H and O–H groups in total. The summed E-state index contributed by atoms with van der Waals surface area (Å²) in [6.45, 7) is 3.71. The SMILES string of the molecule is Cc1ccc(NC(=O)CSC(C)C(=O)N2CC(=O)Nc3ccccc32)cc1. The average molecular weight is 383 g/mol. The molecule has 0 aliphatic carbocycles. The smallest absolute Gasteiger partial charge is 0.244 e. The van der Waals surface area contributed by atoms with Gasteiger partial charge in [0.2, 0.25) is 17.7 Å². The van der Waals surface area contributed by atoms with Crippen LogP contribution >= 0.6 is 11.8 Å². The summed E-state index contributed by atoms with van der Waals surface area (Å²) in [6, 6.07) is 14.7. The van der Waals surface area contributed by atoms with Gasteiger partial charge in [0.05, 0.1) is 22.4 Å². The van der Waals surface area contributed by atoms with Crippen LogP contribution < -0.4 is 15.5 Å². The van der Waals surface area contributed by atoms with Gasteiger partial charge in [0.1, 0.15) is 6.54 Å². The first-order chi connectivity index (χ1) is 12.9. The number of amides is 3. The van der Waals surface area contributed by atoms with Crippen LogP contribution in [-0.2, 0) is 14.4 Å². The molecule has 3 amide bonds. The summed E-state index contributed by atoms with van der Waals surface area (Å²) in [5.41, 5.74) is 3.15. The third-order valence-corrected chi connectivity index (χ3v) is 5.31. The van der Waals surface area contributed by atoms with Crippen molar-refractivity contribution in [2.45, 2.75) is 19.1 Å². The fraction of sp³-hybridized carbons (Fsp3) is 0.250. The molecule has 0 saturated heterocycles. The number of hydrogen-bond donors (Lipinski definition) is 2. The van der Waals surface area contributed by atoms with E-state index in [-0.39, 0.29) is 30.0 Å². The Balaban J connectivity index is 1.58. The molecule has 0 bridgehead atoms.